The van der Waals surface area contributed by atoms with E-state index in [-0.39, 0.29) is 0 Å². The Morgan fingerprint density at radius 3 is 2.29 bits per heavy atom. The van der Waals surface area contributed by atoms with Crippen LogP contribution in [-0.4, -0.2) is 105 Å². The van der Waals surface area contributed by atoms with Gasteiger partial charge in [0.25, 0.3) is 0 Å². The second-order valence-electron chi connectivity index (χ2n) is 6.90. The van der Waals surface area contributed by atoms with Crippen molar-refractivity contribution in [1.29, 1.82) is 0 Å². The molecular formula is C15H25NO14S. The smallest absolute Gasteiger partial charge is 0.335 e. The van der Waals surface area contributed by atoms with E-state index < -0.39 is 79.6 Å². The summed E-state index contributed by atoms with van der Waals surface area (Å²) in [6.07, 6.45) is -14.0. The van der Waals surface area contributed by atoms with Crippen LogP contribution in [0.3, 0.4) is 0 Å². The fourth-order valence-electron chi connectivity index (χ4n) is 3.37. The third-order valence-electron chi connectivity index (χ3n) is 4.80. The highest BCUT2D eigenvalue weighted by molar-refractivity contribution is 7.74. The minimum absolute atomic E-state index is 0.505. The Morgan fingerprint density at radius 2 is 1.74 bits per heavy atom. The molecule has 2 rings (SSSR count). The van der Waals surface area contributed by atoms with Crippen molar-refractivity contribution in [2.45, 2.75) is 75.0 Å². The molecule has 2 aliphatic rings. The summed E-state index contributed by atoms with van der Waals surface area (Å²) in [6.45, 7) is 2.14. The molecule has 0 aromatic carbocycles. The lowest BCUT2D eigenvalue weighted by molar-refractivity contribution is -0.620. The first-order valence-corrected chi connectivity index (χ1v) is 9.40. The topological polar surface area (TPSA) is 212 Å². The summed E-state index contributed by atoms with van der Waals surface area (Å²) >= 11 is 3.27. The highest BCUT2D eigenvalue weighted by Crippen LogP contribution is 2.31. The Kier molecular flexibility index (Phi) is 9.80. The van der Waals surface area contributed by atoms with E-state index in [9.17, 15) is 35.1 Å². The maximum atomic E-state index is 11.7. The maximum Gasteiger partial charge on any atom is 0.335 e. The highest BCUT2D eigenvalue weighted by atomic mass is 32.1. The molecule has 2 heterocycles. The summed E-state index contributed by atoms with van der Waals surface area (Å²) in [6, 6.07) is -0.992. The van der Waals surface area contributed by atoms with Gasteiger partial charge in [-0.1, -0.05) is 0 Å². The number of hydrogen-bond acceptors (Lipinski definition) is 14. The van der Waals surface area contributed by atoms with Gasteiger partial charge in [0, 0.05) is 19.8 Å². The van der Waals surface area contributed by atoms with Crippen molar-refractivity contribution >= 4 is 24.8 Å². The van der Waals surface area contributed by atoms with Crippen molar-refractivity contribution in [2.24, 2.45) is 0 Å². The molecule has 4 unspecified atom stereocenters. The first kappa shape index (κ1) is 26.1. The number of aliphatic carboxylic acids is 1. The Hall–Kier alpha value is -1.15. The van der Waals surface area contributed by atoms with Gasteiger partial charge in [-0.25, -0.2) is 4.79 Å². The lowest BCUT2D eigenvalue weighted by Crippen LogP contribution is -2.67. The predicted octanol–water partition coefficient (Wildman–Crippen LogP) is -3.43. The zero-order valence-electron chi connectivity index (χ0n) is 16.3. The van der Waals surface area contributed by atoms with Gasteiger partial charge in [-0.05, 0) is 17.0 Å². The van der Waals surface area contributed by atoms with Gasteiger partial charge in [-0.15, -0.1) is 4.33 Å². The van der Waals surface area contributed by atoms with Gasteiger partial charge in [-0.2, -0.15) is 4.89 Å². The minimum Gasteiger partial charge on any atom is -0.479 e. The Morgan fingerprint density at radius 1 is 1.06 bits per heavy atom. The number of carbonyl (C=O) groups is 2. The van der Waals surface area contributed by atoms with Gasteiger partial charge in [0.2, 0.25) is 5.91 Å². The SMILES string of the molecule is CC(=O)NC1[C@@H](O[C@@H]2OC(C(=O)O)[C@@H](O)[C@H](O)C2O)[C@H](OOOOS)C(CO)O[C@@H]1C. The van der Waals surface area contributed by atoms with Crippen LogP contribution in [0, 0.1) is 0 Å². The van der Waals surface area contributed by atoms with Gasteiger partial charge in [-0.3, -0.25) is 4.79 Å². The molecular weight excluding hydrogens is 450 g/mol. The number of carbonyl (C=O) groups excluding carboxylic acids is 1. The molecule has 16 heteroatoms. The number of nitrogens with one attached hydrogen (secondary N) is 1. The molecule has 31 heavy (non-hydrogen) atoms. The molecule has 0 aromatic rings. The number of thiol groups is 1. The van der Waals surface area contributed by atoms with E-state index in [0.717, 1.165) is 0 Å². The van der Waals surface area contributed by atoms with Crippen LogP contribution in [0.2, 0.25) is 0 Å². The van der Waals surface area contributed by atoms with E-state index in [2.05, 4.69) is 32.6 Å². The van der Waals surface area contributed by atoms with Crippen LogP contribution in [0.5, 0.6) is 0 Å². The van der Waals surface area contributed by atoms with E-state index in [1.54, 1.807) is 6.92 Å². The Labute approximate surface area is 181 Å². The molecule has 1 amide bonds. The zero-order valence-corrected chi connectivity index (χ0v) is 17.2. The number of aliphatic hydroxyl groups is 4. The summed E-state index contributed by atoms with van der Waals surface area (Å²) in [4.78, 5) is 28.0. The summed E-state index contributed by atoms with van der Waals surface area (Å²) in [5, 5.41) is 59.8. The number of rotatable bonds is 9. The molecule has 0 saturated carbocycles. The molecule has 180 valence electrons. The molecule has 0 aromatic heterocycles. The van der Waals surface area contributed by atoms with Gasteiger partial charge >= 0.3 is 5.97 Å². The van der Waals surface area contributed by atoms with Crippen molar-refractivity contribution in [3.8, 4) is 0 Å². The van der Waals surface area contributed by atoms with Crippen LogP contribution in [0.15, 0.2) is 0 Å². The second-order valence-corrected chi connectivity index (χ2v) is 7.04. The average Bonchev–Trinajstić information content (AvgIpc) is 2.71. The van der Waals surface area contributed by atoms with Crippen LogP contribution in [0.1, 0.15) is 13.8 Å². The van der Waals surface area contributed by atoms with Gasteiger partial charge < -0.3 is 45.1 Å². The fourth-order valence-corrected chi connectivity index (χ4v) is 3.40. The molecule has 0 bridgehead atoms. The monoisotopic (exact) mass is 475 g/mol. The largest absolute Gasteiger partial charge is 0.479 e. The van der Waals surface area contributed by atoms with Crippen molar-refractivity contribution in [1.82, 2.24) is 5.32 Å². The molecule has 2 fully saturated rings. The van der Waals surface area contributed by atoms with Crippen molar-refractivity contribution in [3.63, 3.8) is 0 Å². The number of amides is 1. The standard InChI is InChI=1S/C15H25NO14S/c1-4-7(16-5(2)18)12(11(6(3-17)24-4)27-28-29-30-31)25-15-10(21)8(19)9(20)13(26-15)14(22)23/h4,6-13,15,17,19-21,31H,3H2,1-2H3,(H,16,18)(H,22,23)/t4-,6?,7?,8+,9+,10?,11-,12-,13?,15-/m1/s1. The fraction of sp³-hybridized carbons (Fsp3) is 0.867. The van der Waals surface area contributed by atoms with Crippen molar-refractivity contribution in [2.75, 3.05) is 6.61 Å². The lowest BCUT2D eigenvalue weighted by atomic mass is 9.92. The first-order valence-electron chi connectivity index (χ1n) is 9.03. The third-order valence-corrected chi connectivity index (χ3v) is 4.86. The predicted molar refractivity (Wildman–Crippen MR) is 95.3 cm³/mol. The van der Waals surface area contributed by atoms with E-state index in [0.29, 0.717) is 0 Å². The quantitative estimate of drug-likeness (QED) is 0.0569. The van der Waals surface area contributed by atoms with Crippen LogP contribution in [0.25, 0.3) is 0 Å². The molecule has 10 atom stereocenters. The van der Waals surface area contributed by atoms with Gasteiger partial charge in [0.1, 0.15) is 30.5 Å². The van der Waals surface area contributed by atoms with E-state index in [4.69, 9.17) is 19.1 Å². The van der Waals surface area contributed by atoms with E-state index in [1.807, 2.05) is 0 Å². The minimum atomic E-state index is -1.94. The number of ether oxygens (including phenoxy) is 3. The van der Waals surface area contributed by atoms with Crippen LogP contribution in [-0.2, 0) is 43.1 Å². The molecule has 2 aliphatic heterocycles. The van der Waals surface area contributed by atoms with Crippen molar-refractivity contribution < 1.29 is 68.6 Å². The van der Waals surface area contributed by atoms with Crippen LogP contribution >= 0.6 is 12.9 Å². The molecule has 2 saturated heterocycles. The molecule has 0 aliphatic carbocycles. The normalized spacial score (nSPS) is 41.0. The van der Waals surface area contributed by atoms with E-state index in [1.165, 1.54) is 6.92 Å². The zero-order chi connectivity index (χ0) is 23.3. The van der Waals surface area contributed by atoms with Crippen LogP contribution in [0.4, 0.5) is 0 Å². The first-order chi connectivity index (χ1) is 14.6. The summed E-state index contributed by atoms with van der Waals surface area (Å²) < 4.78 is 20.3. The van der Waals surface area contributed by atoms with Gasteiger partial charge in [0.05, 0.1) is 18.8 Å². The van der Waals surface area contributed by atoms with Crippen molar-refractivity contribution in [3.05, 3.63) is 0 Å². The number of carboxylic acids is 1. The molecule has 6 N–H and O–H groups in total. The lowest BCUT2D eigenvalue weighted by Gasteiger charge is -2.47. The third kappa shape index (κ3) is 6.21. The Bertz CT molecular complexity index is 612. The second kappa shape index (κ2) is 11.6. The molecule has 0 radical (unpaired) electrons. The van der Waals surface area contributed by atoms with E-state index >= 15 is 0 Å². The van der Waals surface area contributed by atoms with Gasteiger partial charge in [0.15, 0.2) is 18.5 Å². The summed E-state index contributed by atoms with van der Waals surface area (Å²) in [7, 11) is 0. The maximum absolute atomic E-state index is 11.7. The summed E-state index contributed by atoms with van der Waals surface area (Å²) in [5.41, 5.74) is 0. The molecule has 15 nitrogen and oxygen atoms in total. The number of hydrogen-bond donors (Lipinski definition) is 7. The number of aliphatic hydroxyl groups excluding tert-OH is 4. The molecule has 0 spiro atoms. The average molecular weight is 475 g/mol. The Balaban J connectivity index is 2.32. The van der Waals surface area contributed by atoms with Crippen LogP contribution < -0.4 is 5.32 Å². The highest BCUT2D eigenvalue weighted by Gasteiger charge is 2.53. The summed E-state index contributed by atoms with van der Waals surface area (Å²) in [5.74, 6) is -2.12. The number of carboxylic acid groups (broad SMARTS) is 1.